The van der Waals surface area contributed by atoms with Crippen LogP contribution in [0.3, 0.4) is 0 Å². The Morgan fingerprint density at radius 3 is 2.81 bits per heavy atom. The molecular weight excluding hydrogens is 344 g/mol. The first-order chi connectivity index (χ1) is 12.6. The maximum absolute atomic E-state index is 12.5. The Hall–Kier alpha value is -2.85. The van der Waals surface area contributed by atoms with Gasteiger partial charge in [-0.3, -0.25) is 4.79 Å². The van der Waals surface area contributed by atoms with Crippen LogP contribution >= 0.6 is 11.3 Å². The standard InChI is InChI=1S/C22H18O3S/c1-14-5-6-15(2)16(10-14)13-24-17-7-8-19-20(11-17)25-21(22(19)23)12-18-4-3-9-26-18/h3-12H,13H2,1-2H3. The number of rotatable bonds is 4. The van der Waals surface area contributed by atoms with E-state index < -0.39 is 0 Å². The van der Waals surface area contributed by atoms with E-state index in [9.17, 15) is 4.79 Å². The predicted octanol–water partition coefficient (Wildman–Crippen LogP) is 5.56. The summed E-state index contributed by atoms with van der Waals surface area (Å²) in [5.74, 6) is 1.51. The highest BCUT2D eigenvalue weighted by Gasteiger charge is 2.27. The number of allylic oxidation sites excluding steroid dienone is 1. The summed E-state index contributed by atoms with van der Waals surface area (Å²) in [7, 11) is 0. The van der Waals surface area contributed by atoms with E-state index in [2.05, 4.69) is 32.0 Å². The Morgan fingerprint density at radius 1 is 1.12 bits per heavy atom. The van der Waals surface area contributed by atoms with Gasteiger partial charge in [0.05, 0.1) is 5.56 Å². The van der Waals surface area contributed by atoms with Crippen LogP contribution in [0.2, 0.25) is 0 Å². The number of Topliss-reactive ketones (excluding diaryl/α,β-unsaturated/α-hetero) is 1. The number of hydrogen-bond acceptors (Lipinski definition) is 4. The summed E-state index contributed by atoms with van der Waals surface area (Å²) < 4.78 is 11.7. The molecule has 0 amide bonds. The van der Waals surface area contributed by atoms with Gasteiger partial charge in [0.25, 0.3) is 0 Å². The van der Waals surface area contributed by atoms with Crippen LogP contribution in [0.4, 0.5) is 0 Å². The van der Waals surface area contributed by atoms with Crippen LogP contribution in [-0.4, -0.2) is 5.78 Å². The molecule has 0 saturated heterocycles. The molecule has 1 aliphatic rings. The Kier molecular flexibility index (Phi) is 4.35. The van der Waals surface area contributed by atoms with Crippen molar-refractivity contribution in [1.82, 2.24) is 0 Å². The third-order valence-corrected chi connectivity index (χ3v) is 5.18. The molecule has 1 aromatic heterocycles. The monoisotopic (exact) mass is 362 g/mol. The first kappa shape index (κ1) is 16.6. The highest BCUT2D eigenvalue weighted by Crippen LogP contribution is 2.35. The van der Waals surface area contributed by atoms with Crippen molar-refractivity contribution in [2.24, 2.45) is 0 Å². The molecule has 0 spiro atoms. The number of ketones is 1. The van der Waals surface area contributed by atoms with Gasteiger partial charge in [-0.1, -0.05) is 29.8 Å². The number of carbonyl (C=O) groups is 1. The highest BCUT2D eigenvalue weighted by molar-refractivity contribution is 7.10. The SMILES string of the molecule is Cc1ccc(C)c(COc2ccc3c(c2)OC(=Cc2cccs2)C3=O)c1. The Bertz CT molecular complexity index is 1000. The van der Waals surface area contributed by atoms with Crippen molar-refractivity contribution in [3.63, 3.8) is 0 Å². The molecule has 0 unspecified atom stereocenters. The van der Waals surface area contributed by atoms with Crippen LogP contribution < -0.4 is 9.47 Å². The lowest BCUT2D eigenvalue weighted by molar-refractivity contribution is 0.101. The van der Waals surface area contributed by atoms with Crippen LogP contribution in [0.5, 0.6) is 11.5 Å². The van der Waals surface area contributed by atoms with Gasteiger partial charge >= 0.3 is 0 Å². The van der Waals surface area contributed by atoms with Crippen LogP contribution in [0, 0.1) is 13.8 Å². The molecule has 2 aromatic carbocycles. The van der Waals surface area contributed by atoms with Crippen molar-refractivity contribution >= 4 is 23.2 Å². The number of benzene rings is 2. The molecule has 0 fully saturated rings. The third kappa shape index (κ3) is 3.28. The van der Waals surface area contributed by atoms with Gasteiger partial charge in [-0.2, -0.15) is 0 Å². The number of thiophene rings is 1. The number of carbonyl (C=O) groups excluding carboxylic acids is 1. The molecule has 0 bridgehead atoms. The third-order valence-electron chi connectivity index (χ3n) is 4.36. The molecule has 3 nitrogen and oxygen atoms in total. The number of aryl methyl sites for hydroxylation is 2. The summed E-state index contributed by atoms with van der Waals surface area (Å²) in [6.07, 6.45) is 1.78. The molecule has 3 aromatic rings. The molecule has 0 saturated carbocycles. The van der Waals surface area contributed by atoms with E-state index in [0.717, 1.165) is 10.4 Å². The van der Waals surface area contributed by atoms with Gasteiger partial charge in [0, 0.05) is 17.0 Å². The first-order valence-electron chi connectivity index (χ1n) is 8.41. The van der Waals surface area contributed by atoms with Gasteiger partial charge in [-0.05, 0) is 48.6 Å². The summed E-state index contributed by atoms with van der Waals surface area (Å²) in [4.78, 5) is 13.5. The Morgan fingerprint density at radius 2 is 2.00 bits per heavy atom. The molecule has 1 aliphatic heterocycles. The fraction of sp³-hybridized carbons (Fsp3) is 0.136. The van der Waals surface area contributed by atoms with Crippen LogP contribution in [0.15, 0.2) is 59.7 Å². The summed E-state index contributed by atoms with van der Waals surface area (Å²) in [5.41, 5.74) is 4.14. The second kappa shape index (κ2) is 6.81. The molecule has 4 heteroatoms. The molecule has 0 aliphatic carbocycles. The fourth-order valence-electron chi connectivity index (χ4n) is 2.88. The van der Waals surface area contributed by atoms with Gasteiger partial charge in [0.1, 0.15) is 18.1 Å². The van der Waals surface area contributed by atoms with E-state index in [0.29, 0.717) is 29.4 Å². The van der Waals surface area contributed by atoms with Crippen molar-refractivity contribution in [1.29, 1.82) is 0 Å². The average Bonchev–Trinajstić information content (AvgIpc) is 3.24. The summed E-state index contributed by atoms with van der Waals surface area (Å²) in [6.45, 7) is 4.63. The molecule has 0 N–H and O–H groups in total. The van der Waals surface area contributed by atoms with Crippen LogP contribution in [-0.2, 0) is 6.61 Å². The smallest absolute Gasteiger partial charge is 0.232 e. The van der Waals surface area contributed by atoms with E-state index in [1.807, 2.05) is 23.6 Å². The zero-order chi connectivity index (χ0) is 18.1. The summed E-state index contributed by atoms with van der Waals surface area (Å²) >= 11 is 1.57. The quantitative estimate of drug-likeness (QED) is 0.570. The van der Waals surface area contributed by atoms with Gasteiger partial charge < -0.3 is 9.47 Å². The van der Waals surface area contributed by atoms with E-state index in [1.54, 1.807) is 29.5 Å². The van der Waals surface area contributed by atoms with Gasteiger partial charge in [-0.25, -0.2) is 0 Å². The molecule has 0 radical (unpaired) electrons. The zero-order valence-corrected chi connectivity index (χ0v) is 15.4. The maximum atomic E-state index is 12.5. The Labute approximate surface area is 156 Å². The lowest BCUT2D eigenvalue weighted by Gasteiger charge is -2.10. The highest BCUT2D eigenvalue weighted by atomic mass is 32.1. The van der Waals surface area contributed by atoms with Crippen molar-refractivity contribution in [2.75, 3.05) is 0 Å². The minimum Gasteiger partial charge on any atom is -0.489 e. The van der Waals surface area contributed by atoms with Crippen molar-refractivity contribution < 1.29 is 14.3 Å². The summed E-state index contributed by atoms with van der Waals surface area (Å²) in [5, 5.41) is 1.97. The zero-order valence-electron chi connectivity index (χ0n) is 14.6. The second-order valence-electron chi connectivity index (χ2n) is 6.33. The average molecular weight is 362 g/mol. The molecular formula is C22H18O3S. The van der Waals surface area contributed by atoms with Gasteiger partial charge in [0.15, 0.2) is 5.76 Å². The van der Waals surface area contributed by atoms with E-state index in [-0.39, 0.29) is 5.78 Å². The number of fused-ring (bicyclic) bond motifs is 1. The number of ether oxygens (including phenoxy) is 2. The molecule has 0 atom stereocenters. The molecule has 130 valence electrons. The molecule has 26 heavy (non-hydrogen) atoms. The van der Waals surface area contributed by atoms with Gasteiger partial charge in [0.2, 0.25) is 5.78 Å². The Balaban J connectivity index is 1.52. The largest absolute Gasteiger partial charge is 0.489 e. The lowest BCUT2D eigenvalue weighted by Crippen LogP contribution is -1.99. The maximum Gasteiger partial charge on any atom is 0.232 e. The lowest BCUT2D eigenvalue weighted by atomic mass is 10.1. The second-order valence-corrected chi connectivity index (χ2v) is 7.31. The van der Waals surface area contributed by atoms with E-state index in [1.165, 1.54) is 11.1 Å². The van der Waals surface area contributed by atoms with E-state index >= 15 is 0 Å². The van der Waals surface area contributed by atoms with E-state index in [4.69, 9.17) is 9.47 Å². The van der Waals surface area contributed by atoms with Crippen LogP contribution in [0.25, 0.3) is 6.08 Å². The number of hydrogen-bond donors (Lipinski definition) is 0. The normalized spacial score (nSPS) is 14.4. The topological polar surface area (TPSA) is 35.5 Å². The fourth-order valence-corrected chi connectivity index (χ4v) is 3.52. The minimum absolute atomic E-state index is 0.0884. The van der Waals surface area contributed by atoms with Crippen molar-refractivity contribution in [2.45, 2.75) is 20.5 Å². The van der Waals surface area contributed by atoms with Crippen LogP contribution in [0.1, 0.15) is 31.9 Å². The minimum atomic E-state index is -0.0884. The van der Waals surface area contributed by atoms with Crippen molar-refractivity contribution in [3.05, 3.63) is 86.8 Å². The molecule has 4 rings (SSSR count). The molecule has 2 heterocycles. The predicted molar refractivity (Wildman–Crippen MR) is 104 cm³/mol. The summed E-state index contributed by atoms with van der Waals surface area (Å²) in [6, 6.07) is 15.6. The first-order valence-corrected chi connectivity index (χ1v) is 9.29. The van der Waals surface area contributed by atoms with Crippen molar-refractivity contribution in [3.8, 4) is 11.5 Å². The van der Waals surface area contributed by atoms with Gasteiger partial charge in [-0.15, -0.1) is 11.3 Å².